The highest BCUT2D eigenvalue weighted by Crippen LogP contribution is 2.23. The van der Waals surface area contributed by atoms with Gasteiger partial charge in [-0.3, -0.25) is 4.40 Å². The number of hydrogen-bond donors (Lipinski definition) is 1. The minimum absolute atomic E-state index is 0.783. The maximum absolute atomic E-state index is 4.61. The van der Waals surface area contributed by atoms with Gasteiger partial charge in [-0.2, -0.15) is 0 Å². The van der Waals surface area contributed by atoms with Crippen LogP contribution >= 0.6 is 27.3 Å². The number of halogens is 1. The van der Waals surface area contributed by atoms with Gasteiger partial charge in [0.1, 0.15) is 0 Å². The summed E-state index contributed by atoms with van der Waals surface area (Å²) in [6.45, 7) is 7.08. The zero-order valence-corrected chi connectivity index (χ0v) is 14.1. The van der Waals surface area contributed by atoms with E-state index >= 15 is 0 Å². The Morgan fingerprint density at radius 3 is 2.85 bits per heavy atom. The number of aryl methyl sites for hydroxylation is 3. The van der Waals surface area contributed by atoms with Crippen LogP contribution in [0.3, 0.4) is 0 Å². The summed E-state index contributed by atoms with van der Waals surface area (Å²) in [6, 6.07) is 6.32. The maximum atomic E-state index is 4.61. The molecule has 5 heteroatoms. The van der Waals surface area contributed by atoms with Crippen molar-refractivity contribution in [3.05, 3.63) is 50.7 Å². The molecule has 0 unspecified atom stereocenters. The van der Waals surface area contributed by atoms with E-state index < -0.39 is 0 Å². The summed E-state index contributed by atoms with van der Waals surface area (Å²) < 4.78 is 3.37. The lowest BCUT2D eigenvalue weighted by Gasteiger charge is -2.09. The molecule has 1 aromatic carbocycles. The quantitative estimate of drug-likeness (QED) is 0.742. The van der Waals surface area contributed by atoms with Crippen LogP contribution in [0.5, 0.6) is 0 Å². The Labute approximate surface area is 130 Å². The molecule has 1 N–H and O–H groups in total. The first kappa shape index (κ1) is 13.6. The van der Waals surface area contributed by atoms with Crippen LogP contribution in [-0.2, 0) is 6.54 Å². The second-order valence-electron chi connectivity index (χ2n) is 4.96. The average Bonchev–Trinajstić information content (AvgIpc) is 2.91. The van der Waals surface area contributed by atoms with Gasteiger partial charge in [-0.15, -0.1) is 11.3 Å². The molecule has 0 fully saturated rings. The molecule has 3 nitrogen and oxygen atoms in total. The summed E-state index contributed by atoms with van der Waals surface area (Å²) >= 11 is 5.22. The lowest BCUT2D eigenvalue weighted by atomic mass is 10.2. The van der Waals surface area contributed by atoms with E-state index in [0.717, 1.165) is 27.4 Å². The fourth-order valence-corrected chi connectivity index (χ4v) is 3.49. The normalized spacial score (nSPS) is 11.2. The first-order chi connectivity index (χ1) is 9.56. The highest BCUT2D eigenvalue weighted by atomic mass is 79.9. The van der Waals surface area contributed by atoms with E-state index in [-0.39, 0.29) is 0 Å². The summed E-state index contributed by atoms with van der Waals surface area (Å²) in [5, 5.41) is 5.64. The number of imidazole rings is 1. The molecule has 104 valence electrons. The Balaban J connectivity index is 1.88. The number of fused-ring (bicyclic) bond motifs is 1. The standard InChI is InChI=1S/C15H16BrN3S/c1-9-6-12(4-5-13(9)16)17-7-14-11(3)18-15-19(14)10(2)8-20-15/h4-6,8,17H,7H2,1-3H3. The van der Waals surface area contributed by atoms with Crippen LogP contribution in [0.4, 0.5) is 5.69 Å². The van der Waals surface area contributed by atoms with Gasteiger partial charge in [0, 0.05) is 21.2 Å². The van der Waals surface area contributed by atoms with Gasteiger partial charge in [0.2, 0.25) is 0 Å². The molecule has 2 heterocycles. The van der Waals surface area contributed by atoms with Crippen molar-refractivity contribution in [3.8, 4) is 0 Å². The van der Waals surface area contributed by atoms with E-state index in [1.54, 1.807) is 11.3 Å². The lowest BCUT2D eigenvalue weighted by molar-refractivity contribution is 0.966. The van der Waals surface area contributed by atoms with Gasteiger partial charge >= 0.3 is 0 Å². The molecule has 0 amide bonds. The number of nitrogens with zero attached hydrogens (tertiary/aromatic N) is 2. The number of thiazole rings is 1. The SMILES string of the molecule is Cc1cc(NCc2c(C)nc3scc(C)n23)ccc1Br. The maximum Gasteiger partial charge on any atom is 0.194 e. The highest BCUT2D eigenvalue weighted by molar-refractivity contribution is 9.10. The van der Waals surface area contributed by atoms with Crippen LogP contribution in [0.25, 0.3) is 4.96 Å². The van der Waals surface area contributed by atoms with Gasteiger partial charge in [0.25, 0.3) is 0 Å². The summed E-state index contributed by atoms with van der Waals surface area (Å²) in [5.41, 5.74) is 5.94. The Hall–Kier alpha value is -1.33. The van der Waals surface area contributed by atoms with Crippen LogP contribution in [0, 0.1) is 20.8 Å². The van der Waals surface area contributed by atoms with E-state index in [9.17, 15) is 0 Å². The van der Waals surface area contributed by atoms with Gasteiger partial charge in [0.15, 0.2) is 4.96 Å². The number of benzene rings is 1. The zero-order valence-electron chi connectivity index (χ0n) is 11.7. The minimum Gasteiger partial charge on any atom is -0.379 e. The molecule has 0 saturated heterocycles. The third-order valence-corrected chi connectivity index (χ3v) is 5.28. The second kappa shape index (κ2) is 5.22. The van der Waals surface area contributed by atoms with Gasteiger partial charge in [-0.1, -0.05) is 15.9 Å². The van der Waals surface area contributed by atoms with Crippen LogP contribution in [-0.4, -0.2) is 9.38 Å². The van der Waals surface area contributed by atoms with Crippen LogP contribution in [0.15, 0.2) is 28.1 Å². The topological polar surface area (TPSA) is 29.3 Å². The van der Waals surface area contributed by atoms with Crippen LogP contribution in [0.1, 0.15) is 22.6 Å². The number of hydrogen-bond acceptors (Lipinski definition) is 3. The minimum atomic E-state index is 0.783. The van der Waals surface area contributed by atoms with E-state index in [0.29, 0.717) is 0 Å². The van der Waals surface area contributed by atoms with Crippen molar-refractivity contribution in [2.45, 2.75) is 27.3 Å². The van der Waals surface area contributed by atoms with Gasteiger partial charge in [0.05, 0.1) is 17.9 Å². The summed E-state index contributed by atoms with van der Waals surface area (Å²) in [4.78, 5) is 5.68. The molecule has 20 heavy (non-hydrogen) atoms. The molecule has 0 bridgehead atoms. The fourth-order valence-electron chi connectivity index (χ4n) is 2.32. The van der Waals surface area contributed by atoms with Crippen LogP contribution < -0.4 is 5.32 Å². The van der Waals surface area contributed by atoms with E-state index in [1.165, 1.54) is 17.0 Å². The highest BCUT2D eigenvalue weighted by Gasteiger charge is 2.11. The van der Waals surface area contributed by atoms with Crippen molar-refractivity contribution >= 4 is 37.9 Å². The molecule has 0 spiro atoms. The first-order valence-corrected chi connectivity index (χ1v) is 8.15. The smallest absolute Gasteiger partial charge is 0.194 e. The summed E-state index contributed by atoms with van der Waals surface area (Å²) in [6.07, 6.45) is 0. The first-order valence-electron chi connectivity index (χ1n) is 6.48. The molecule has 2 aromatic heterocycles. The predicted molar refractivity (Wildman–Crippen MR) is 88.7 cm³/mol. The second-order valence-corrected chi connectivity index (χ2v) is 6.65. The van der Waals surface area contributed by atoms with Crippen molar-refractivity contribution in [1.29, 1.82) is 0 Å². The number of aromatic nitrogens is 2. The van der Waals surface area contributed by atoms with E-state index in [1.807, 2.05) is 0 Å². The Bertz CT molecular complexity index is 773. The Morgan fingerprint density at radius 2 is 2.10 bits per heavy atom. The average molecular weight is 350 g/mol. The third-order valence-electron chi connectivity index (χ3n) is 3.45. The number of rotatable bonds is 3. The van der Waals surface area contributed by atoms with Crippen LogP contribution in [0.2, 0.25) is 0 Å². The number of nitrogens with one attached hydrogen (secondary N) is 1. The van der Waals surface area contributed by atoms with Crippen molar-refractivity contribution in [2.24, 2.45) is 0 Å². The molecule has 0 aliphatic carbocycles. The third kappa shape index (κ3) is 2.36. The van der Waals surface area contributed by atoms with Gasteiger partial charge in [-0.05, 0) is 44.5 Å². The van der Waals surface area contributed by atoms with E-state index in [4.69, 9.17) is 0 Å². The molecule has 0 atom stereocenters. The molecular formula is C15H16BrN3S. The van der Waals surface area contributed by atoms with E-state index in [2.05, 4.69) is 75.0 Å². The fraction of sp³-hybridized carbons (Fsp3) is 0.267. The predicted octanol–water partition coefficient (Wildman–Crippen LogP) is 4.70. The monoisotopic (exact) mass is 349 g/mol. The molecule has 3 rings (SSSR count). The molecular weight excluding hydrogens is 334 g/mol. The van der Waals surface area contributed by atoms with Crippen molar-refractivity contribution < 1.29 is 0 Å². The summed E-state index contributed by atoms with van der Waals surface area (Å²) in [5.74, 6) is 0. The molecule has 3 aromatic rings. The zero-order chi connectivity index (χ0) is 14.3. The lowest BCUT2D eigenvalue weighted by Crippen LogP contribution is -2.04. The summed E-state index contributed by atoms with van der Waals surface area (Å²) in [7, 11) is 0. The molecule has 0 aliphatic rings. The van der Waals surface area contributed by atoms with Gasteiger partial charge in [-0.25, -0.2) is 4.98 Å². The molecule has 0 aliphatic heterocycles. The molecule has 0 saturated carbocycles. The van der Waals surface area contributed by atoms with Crippen molar-refractivity contribution in [1.82, 2.24) is 9.38 Å². The van der Waals surface area contributed by atoms with Gasteiger partial charge < -0.3 is 5.32 Å². The largest absolute Gasteiger partial charge is 0.379 e. The number of anilines is 1. The Morgan fingerprint density at radius 1 is 1.30 bits per heavy atom. The molecule has 0 radical (unpaired) electrons. The van der Waals surface area contributed by atoms with Crippen molar-refractivity contribution in [3.63, 3.8) is 0 Å². The Kier molecular flexibility index (Phi) is 3.56. The van der Waals surface area contributed by atoms with Crippen molar-refractivity contribution in [2.75, 3.05) is 5.32 Å².